The van der Waals surface area contributed by atoms with Crippen LogP contribution in [0.3, 0.4) is 0 Å². The van der Waals surface area contributed by atoms with Gasteiger partial charge in [-0.25, -0.2) is 0 Å². The summed E-state index contributed by atoms with van der Waals surface area (Å²) in [6.07, 6.45) is 3.95. The van der Waals surface area contributed by atoms with E-state index in [4.69, 9.17) is 0 Å². The third-order valence-electron chi connectivity index (χ3n) is 1.48. The minimum atomic E-state index is -0.0306. The molecular formula is C12H13NO. The van der Waals surface area contributed by atoms with Crippen molar-refractivity contribution in [2.75, 3.05) is 0 Å². The third kappa shape index (κ3) is 3.40. The molecule has 2 nitrogen and oxygen atoms in total. The van der Waals surface area contributed by atoms with Gasteiger partial charge in [0.1, 0.15) is 0 Å². The van der Waals surface area contributed by atoms with Gasteiger partial charge in [0, 0.05) is 28.9 Å². The predicted molar refractivity (Wildman–Crippen MR) is 56.0 cm³/mol. The summed E-state index contributed by atoms with van der Waals surface area (Å²) in [5.41, 5.74) is 1.31. The molecule has 72 valence electrons. The van der Waals surface area contributed by atoms with Crippen LogP contribution in [0.4, 0.5) is 0 Å². The Labute approximate surface area is 84.4 Å². The number of hydrogen-bond acceptors (Lipinski definition) is 2. The van der Waals surface area contributed by atoms with Gasteiger partial charge in [-0.2, -0.15) is 0 Å². The molecule has 0 spiro atoms. The van der Waals surface area contributed by atoms with Crippen LogP contribution in [0.25, 0.3) is 0 Å². The molecule has 0 aliphatic carbocycles. The molecule has 1 aromatic heterocycles. The molecule has 14 heavy (non-hydrogen) atoms. The summed E-state index contributed by atoms with van der Waals surface area (Å²) in [5, 5.41) is 0. The Balaban J connectivity index is 2.96. The fourth-order valence-corrected chi connectivity index (χ4v) is 0.850. The topological polar surface area (TPSA) is 30.0 Å². The smallest absolute Gasteiger partial charge is 0.151 e. The van der Waals surface area contributed by atoms with Gasteiger partial charge in [0.15, 0.2) is 6.29 Å². The molecule has 2 heteroatoms. The van der Waals surface area contributed by atoms with E-state index >= 15 is 0 Å². The number of pyridine rings is 1. The van der Waals surface area contributed by atoms with E-state index in [1.807, 2.05) is 20.8 Å². The van der Waals surface area contributed by atoms with E-state index in [9.17, 15) is 4.79 Å². The van der Waals surface area contributed by atoms with Crippen molar-refractivity contribution in [1.82, 2.24) is 4.98 Å². The first-order chi connectivity index (χ1) is 6.51. The van der Waals surface area contributed by atoms with Crippen LogP contribution in [-0.4, -0.2) is 11.3 Å². The van der Waals surface area contributed by atoms with Crippen molar-refractivity contribution < 1.29 is 4.79 Å². The Bertz CT molecular complexity index is 391. The summed E-state index contributed by atoms with van der Waals surface area (Å²) in [5.74, 6) is 6.07. The molecule has 0 bridgehead atoms. The van der Waals surface area contributed by atoms with Gasteiger partial charge in [-0.3, -0.25) is 9.78 Å². The lowest BCUT2D eigenvalue weighted by Crippen LogP contribution is -1.99. The summed E-state index contributed by atoms with van der Waals surface area (Å²) in [7, 11) is 0. The Morgan fingerprint density at radius 3 is 2.64 bits per heavy atom. The highest BCUT2D eigenvalue weighted by atomic mass is 16.1. The molecule has 0 saturated carbocycles. The summed E-state index contributed by atoms with van der Waals surface area (Å²) in [4.78, 5) is 14.4. The van der Waals surface area contributed by atoms with Gasteiger partial charge in [-0.1, -0.05) is 11.8 Å². The standard InChI is InChI=1S/C12H13NO/c1-12(2,3)5-4-10-6-11(9-14)8-13-7-10/h6-9H,1-3H3. The first-order valence-corrected chi connectivity index (χ1v) is 4.45. The van der Waals surface area contributed by atoms with Crippen LogP contribution in [0.1, 0.15) is 36.7 Å². The molecule has 0 unspecified atom stereocenters. The summed E-state index contributed by atoms with van der Waals surface area (Å²) in [6, 6.07) is 1.73. The molecule has 0 amide bonds. The van der Waals surface area contributed by atoms with Gasteiger partial charge in [0.05, 0.1) is 0 Å². The van der Waals surface area contributed by atoms with Crippen LogP contribution in [-0.2, 0) is 0 Å². The van der Waals surface area contributed by atoms with E-state index in [2.05, 4.69) is 16.8 Å². The van der Waals surface area contributed by atoms with E-state index in [0.29, 0.717) is 5.56 Å². The van der Waals surface area contributed by atoms with Crippen LogP contribution >= 0.6 is 0 Å². The number of aldehydes is 1. The minimum absolute atomic E-state index is 0.0306. The Hall–Kier alpha value is -1.62. The molecule has 0 saturated heterocycles. The monoisotopic (exact) mass is 187 g/mol. The van der Waals surface area contributed by atoms with Gasteiger partial charge in [-0.15, -0.1) is 0 Å². The van der Waals surface area contributed by atoms with E-state index in [-0.39, 0.29) is 5.41 Å². The van der Waals surface area contributed by atoms with Crippen molar-refractivity contribution in [3.8, 4) is 11.8 Å². The predicted octanol–water partition coefficient (Wildman–Crippen LogP) is 2.29. The zero-order chi connectivity index (χ0) is 10.6. The van der Waals surface area contributed by atoms with Gasteiger partial charge >= 0.3 is 0 Å². The Kier molecular flexibility index (Phi) is 3.03. The fourth-order valence-electron chi connectivity index (χ4n) is 0.850. The van der Waals surface area contributed by atoms with Crippen LogP contribution in [0.5, 0.6) is 0 Å². The molecule has 0 aromatic carbocycles. The lowest BCUT2D eigenvalue weighted by atomic mass is 9.97. The van der Waals surface area contributed by atoms with Crippen LogP contribution in [0, 0.1) is 17.3 Å². The number of carbonyl (C=O) groups excluding carboxylic acids is 1. The number of rotatable bonds is 1. The number of hydrogen-bond donors (Lipinski definition) is 0. The molecule has 0 radical (unpaired) electrons. The van der Waals surface area contributed by atoms with Gasteiger partial charge in [0.2, 0.25) is 0 Å². The molecule has 1 heterocycles. The normalized spacial score (nSPS) is 10.2. The maximum atomic E-state index is 10.5. The maximum absolute atomic E-state index is 10.5. The molecule has 1 aromatic rings. The minimum Gasteiger partial charge on any atom is -0.298 e. The largest absolute Gasteiger partial charge is 0.298 e. The fraction of sp³-hybridized carbons (Fsp3) is 0.333. The number of carbonyl (C=O) groups is 1. The van der Waals surface area contributed by atoms with E-state index in [1.54, 1.807) is 12.3 Å². The summed E-state index contributed by atoms with van der Waals surface area (Å²) in [6.45, 7) is 6.12. The maximum Gasteiger partial charge on any atom is 0.151 e. The van der Waals surface area contributed by atoms with Gasteiger partial charge in [0.25, 0.3) is 0 Å². The van der Waals surface area contributed by atoms with Crippen LogP contribution in [0.15, 0.2) is 18.5 Å². The number of nitrogens with zero attached hydrogens (tertiary/aromatic N) is 1. The third-order valence-corrected chi connectivity index (χ3v) is 1.48. The van der Waals surface area contributed by atoms with Gasteiger partial charge in [-0.05, 0) is 26.8 Å². The lowest BCUT2D eigenvalue weighted by molar-refractivity contribution is 0.112. The lowest BCUT2D eigenvalue weighted by Gasteiger charge is -2.06. The average Bonchev–Trinajstić information content (AvgIpc) is 2.14. The van der Waals surface area contributed by atoms with Crippen LogP contribution in [0.2, 0.25) is 0 Å². The SMILES string of the molecule is CC(C)(C)C#Cc1cncc(C=O)c1. The average molecular weight is 187 g/mol. The van der Waals surface area contributed by atoms with Crippen molar-refractivity contribution in [3.63, 3.8) is 0 Å². The van der Waals surface area contributed by atoms with Crippen LogP contribution < -0.4 is 0 Å². The quantitative estimate of drug-likeness (QED) is 0.498. The van der Waals surface area contributed by atoms with E-state index in [1.165, 1.54) is 6.20 Å². The molecule has 0 N–H and O–H groups in total. The molecule has 1 rings (SSSR count). The zero-order valence-electron chi connectivity index (χ0n) is 8.66. The summed E-state index contributed by atoms with van der Waals surface area (Å²) < 4.78 is 0. The second-order valence-corrected chi connectivity index (χ2v) is 4.12. The van der Waals surface area contributed by atoms with Crippen molar-refractivity contribution in [2.45, 2.75) is 20.8 Å². The molecule has 0 atom stereocenters. The first-order valence-electron chi connectivity index (χ1n) is 4.45. The second-order valence-electron chi connectivity index (χ2n) is 4.12. The van der Waals surface area contributed by atoms with Crippen molar-refractivity contribution in [3.05, 3.63) is 29.6 Å². The number of aromatic nitrogens is 1. The van der Waals surface area contributed by atoms with Crippen molar-refractivity contribution in [1.29, 1.82) is 0 Å². The second kappa shape index (κ2) is 4.06. The van der Waals surface area contributed by atoms with Gasteiger partial charge < -0.3 is 0 Å². The highest BCUT2D eigenvalue weighted by molar-refractivity contribution is 5.74. The summed E-state index contributed by atoms with van der Waals surface area (Å²) >= 11 is 0. The molecule has 0 aliphatic rings. The molecular weight excluding hydrogens is 174 g/mol. The van der Waals surface area contributed by atoms with E-state index < -0.39 is 0 Å². The Morgan fingerprint density at radius 1 is 1.36 bits per heavy atom. The highest BCUT2D eigenvalue weighted by Crippen LogP contribution is 2.10. The zero-order valence-corrected chi connectivity index (χ0v) is 8.66. The molecule has 0 aliphatic heterocycles. The first kappa shape index (κ1) is 10.5. The Morgan fingerprint density at radius 2 is 2.07 bits per heavy atom. The van der Waals surface area contributed by atoms with E-state index in [0.717, 1.165) is 11.8 Å². The molecule has 0 fully saturated rings. The van der Waals surface area contributed by atoms with Crippen molar-refractivity contribution in [2.24, 2.45) is 5.41 Å². The van der Waals surface area contributed by atoms with Crippen molar-refractivity contribution >= 4 is 6.29 Å². The highest BCUT2D eigenvalue weighted by Gasteiger charge is 2.03.